The zero-order valence-electron chi connectivity index (χ0n) is 10.3. The average molecular weight is 242 g/mol. The molecule has 5 nitrogen and oxygen atoms in total. The Bertz CT molecular complexity index is 565. The SMILES string of the molecule is Cc1ccccc1N(C)C(=O)c1cnc(N)cn1. The number of aromatic nitrogens is 2. The highest BCUT2D eigenvalue weighted by Gasteiger charge is 2.16. The van der Waals surface area contributed by atoms with Gasteiger partial charge in [-0.15, -0.1) is 0 Å². The summed E-state index contributed by atoms with van der Waals surface area (Å²) in [5.41, 5.74) is 7.59. The number of para-hydroxylation sites is 1. The number of hydrogen-bond donors (Lipinski definition) is 1. The lowest BCUT2D eigenvalue weighted by Gasteiger charge is -2.18. The molecule has 92 valence electrons. The molecule has 0 bridgehead atoms. The van der Waals surface area contributed by atoms with Gasteiger partial charge in [0.15, 0.2) is 0 Å². The molecular weight excluding hydrogens is 228 g/mol. The average Bonchev–Trinajstić information content (AvgIpc) is 2.38. The van der Waals surface area contributed by atoms with E-state index in [0.717, 1.165) is 11.3 Å². The lowest BCUT2D eigenvalue weighted by molar-refractivity contribution is 0.0988. The third kappa shape index (κ3) is 2.29. The monoisotopic (exact) mass is 242 g/mol. The third-order valence-corrected chi connectivity index (χ3v) is 2.67. The fourth-order valence-electron chi connectivity index (χ4n) is 1.67. The first-order valence-electron chi connectivity index (χ1n) is 5.51. The van der Waals surface area contributed by atoms with Gasteiger partial charge in [0.2, 0.25) is 0 Å². The van der Waals surface area contributed by atoms with Crippen molar-refractivity contribution in [2.24, 2.45) is 0 Å². The van der Waals surface area contributed by atoms with Crippen LogP contribution in [-0.2, 0) is 0 Å². The number of anilines is 2. The summed E-state index contributed by atoms with van der Waals surface area (Å²) >= 11 is 0. The molecule has 0 unspecified atom stereocenters. The fraction of sp³-hybridized carbons (Fsp3) is 0.154. The Labute approximate surface area is 105 Å². The maximum Gasteiger partial charge on any atom is 0.278 e. The predicted molar refractivity (Wildman–Crippen MR) is 70.4 cm³/mol. The van der Waals surface area contributed by atoms with Crippen molar-refractivity contribution >= 4 is 17.4 Å². The smallest absolute Gasteiger partial charge is 0.278 e. The molecule has 0 fully saturated rings. The standard InChI is InChI=1S/C13H14N4O/c1-9-5-3-4-6-11(9)17(2)13(18)10-7-16-12(14)8-15-10/h3-8H,1-2H3,(H2,14,16). The van der Waals surface area contributed by atoms with Gasteiger partial charge in [-0.1, -0.05) is 18.2 Å². The number of nitrogen functional groups attached to an aromatic ring is 1. The molecule has 2 N–H and O–H groups in total. The van der Waals surface area contributed by atoms with E-state index in [1.165, 1.54) is 12.4 Å². The van der Waals surface area contributed by atoms with Crippen molar-refractivity contribution in [1.29, 1.82) is 0 Å². The van der Waals surface area contributed by atoms with Crippen molar-refractivity contribution in [2.75, 3.05) is 17.7 Å². The van der Waals surface area contributed by atoms with E-state index in [2.05, 4.69) is 9.97 Å². The molecule has 2 rings (SSSR count). The van der Waals surface area contributed by atoms with E-state index in [1.54, 1.807) is 11.9 Å². The topological polar surface area (TPSA) is 72.1 Å². The van der Waals surface area contributed by atoms with E-state index < -0.39 is 0 Å². The minimum absolute atomic E-state index is 0.211. The number of benzene rings is 1. The van der Waals surface area contributed by atoms with Gasteiger partial charge < -0.3 is 10.6 Å². The summed E-state index contributed by atoms with van der Waals surface area (Å²) in [6.07, 6.45) is 2.76. The fourth-order valence-corrected chi connectivity index (χ4v) is 1.67. The summed E-state index contributed by atoms with van der Waals surface area (Å²) in [6.45, 7) is 1.95. The van der Waals surface area contributed by atoms with Crippen molar-refractivity contribution in [1.82, 2.24) is 9.97 Å². The number of nitrogens with two attached hydrogens (primary N) is 1. The van der Waals surface area contributed by atoms with Gasteiger partial charge >= 0.3 is 0 Å². The van der Waals surface area contributed by atoms with Crippen LogP contribution in [0.5, 0.6) is 0 Å². The molecule has 1 amide bonds. The van der Waals surface area contributed by atoms with Gasteiger partial charge in [-0.2, -0.15) is 0 Å². The number of nitrogens with zero attached hydrogens (tertiary/aromatic N) is 3. The molecule has 1 heterocycles. The van der Waals surface area contributed by atoms with E-state index in [0.29, 0.717) is 5.82 Å². The summed E-state index contributed by atoms with van der Waals surface area (Å²) in [6, 6.07) is 7.66. The highest BCUT2D eigenvalue weighted by atomic mass is 16.2. The summed E-state index contributed by atoms with van der Waals surface area (Å²) in [4.78, 5) is 21.6. The van der Waals surface area contributed by atoms with Gasteiger partial charge in [0.05, 0.1) is 12.4 Å². The van der Waals surface area contributed by atoms with Gasteiger partial charge in [0, 0.05) is 12.7 Å². The predicted octanol–water partition coefficient (Wildman–Crippen LogP) is 1.64. The van der Waals surface area contributed by atoms with Gasteiger partial charge in [-0.3, -0.25) is 4.79 Å². The molecular formula is C13H14N4O. The van der Waals surface area contributed by atoms with Crippen LogP contribution in [0.1, 0.15) is 16.1 Å². The van der Waals surface area contributed by atoms with Gasteiger partial charge in [0.1, 0.15) is 11.5 Å². The van der Waals surface area contributed by atoms with Crippen LogP contribution < -0.4 is 10.6 Å². The largest absolute Gasteiger partial charge is 0.382 e. The van der Waals surface area contributed by atoms with Crippen LogP contribution in [-0.4, -0.2) is 22.9 Å². The van der Waals surface area contributed by atoms with E-state index in [1.807, 2.05) is 31.2 Å². The molecule has 0 aliphatic heterocycles. The Morgan fingerprint density at radius 1 is 1.22 bits per heavy atom. The van der Waals surface area contributed by atoms with E-state index in [4.69, 9.17) is 5.73 Å². The van der Waals surface area contributed by atoms with E-state index in [9.17, 15) is 4.79 Å². The second-order valence-corrected chi connectivity index (χ2v) is 3.98. The Morgan fingerprint density at radius 2 is 1.94 bits per heavy atom. The molecule has 5 heteroatoms. The van der Waals surface area contributed by atoms with Crippen LogP contribution in [0, 0.1) is 6.92 Å². The van der Waals surface area contributed by atoms with Gasteiger partial charge in [-0.25, -0.2) is 9.97 Å². The lowest BCUT2D eigenvalue weighted by Crippen LogP contribution is -2.27. The molecule has 1 aromatic carbocycles. The first kappa shape index (κ1) is 12.0. The Kier molecular flexibility index (Phi) is 3.23. The third-order valence-electron chi connectivity index (χ3n) is 2.67. The highest BCUT2D eigenvalue weighted by Crippen LogP contribution is 2.19. The van der Waals surface area contributed by atoms with Crippen molar-refractivity contribution in [2.45, 2.75) is 6.92 Å². The molecule has 0 saturated heterocycles. The van der Waals surface area contributed by atoms with Crippen LogP contribution in [0.4, 0.5) is 11.5 Å². The van der Waals surface area contributed by atoms with Crippen molar-refractivity contribution in [3.05, 3.63) is 47.9 Å². The maximum absolute atomic E-state index is 12.2. The summed E-state index contributed by atoms with van der Waals surface area (Å²) in [7, 11) is 1.71. The molecule has 0 atom stereocenters. The second kappa shape index (κ2) is 4.83. The quantitative estimate of drug-likeness (QED) is 0.869. The second-order valence-electron chi connectivity index (χ2n) is 3.98. The van der Waals surface area contributed by atoms with Crippen LogP contribution in [0.25, 0.3) is 0 Å². The van der Waals surface area contributed by atoms with Crippen molar-refractivity contribution in [3.8, 4) is 0 Å². The number of amides is 1. The lowest BCUT2D eigenvalue weighted by atomic mass is 10.2. The Hall–Kier alpha value is -2.43. The maximum atomic E-state index is 12.2. The molecule has 0 saturated carbocycles. The van der Waals surface area contributed by atoms with Crippen LogP contribution >= 0.6 is 0 Å². The Morgan fingerprint density at radius 3 is 2.56 bits per heavy atom. The highest BCUT2D eigenvalue weighted by molar-refractivity contribution is 6.04. The number of rotatable bonds is 2. The van der Waals surface area contributed by atoms with Crippen LogP contribution in [0.2, 0.25) is 0 Å². The van der Waals surface area contributed by atoms with Crippen LogP contribution in [0.3, 0.4) is 0 Å². The normalized spacial score (nSPS) is 10.1. The summed E-state index contributed by atoms with van der Waals surface area (Å²) < 4.78 is 0. The first-order chi connectivity index (χ1) is 8.59. The first-order valence-corrected chi connectivity index (χ1v) is 5.51. The molecule has 0 aliphatic rings. The molecule has 1 aromatic heterocycles. The van der Waals surface area contributed by atoms with Crippen LogP contribution in [0.15, 0.2) is 36.7 Å². The number of carbonyl (C=O) groups is 1. The summed E-state index contributed by atoms with van der Waals surface area (Å²) in [5.74, 6) is 0.0851. The van der Waals surface area contributed by atoms with Crippen molar-refractivity contribution < 1.29 is 4.79 Å². The molecule has 0 spiro atoms. The number of aryl methyl sites for hydroxylation is 1. The Balaban J connectivity index is 2.29. The zero-order valence-corrected chi connectivity index (χ0v) is 10.3. The van der Waals surface area contributed by atoms with Crippen molar-refractivity contribution in [3.63, 3.8) is 0 Å². The number of hydrogen-bond acceptors (Lipinski definition) is 4. The number of carbonyl (C=O) groups excluding carboxylic acids is 1. The van der Waals surface area contributed by atoms with Gasteiger partial charge in [0.25, 0.3) is 5.91 Å². The molecule has 0 aliphatic carbocycles. The minimum Gasteiger partial charge on any atom is -0.382 e. The zero-order chi connectivity index (χ0) is 13.1. The van der Waals surface area contributed by atoms with Gasteiger partial charge in [-0.05, 0) is 18.6 Å². The molecule has 2 aromatic rings. The minimum atomic E-state index is -0.211. The van der Waals surface area contributed by atoms with E-state index in [-0.39, 0.29) is 11.6 Å². The van der Waals surface area contributed by atoms with E-state index >= 15 is 0 Å². The molecule has 18 heavy (non-hydrogen) atoms. The molecule has 0 radical (unpaired) electrons. The summed E-state index contributed by atoms with van der Waals surface area (Å²) in [5, 5.41) is 0.